The minimum absolute atomic E-state index is 0.0207. The second-order valence-corrected chi connectivity index (χ2v) is 6.74. The minimum Gasteiger partial charge on any atom is -0.274 e. The van der Waals surface area contributed by atoms with Crippen molar-refractivity contribution >= 4 is 11.8 Å². The second kappa shape index (κ2) is 3.25. The van der Waals surface area contributed by atoms with E-state index in [9.17, 15) is 9.59 Å². The molecule has 5 fully saturated rings. The zero-order chi connectivity index (χ0) is 12.5. The van der Waals surface area contributed by atoms with Crippen LogP contribution in [0.2, 0.25) is 0 Å². The van der Waals surface area contributed by atoms with Crippen molar-refractivity contribution < 1.29 is 9.59 Å². The molecule has 0 aromatic carbocycles. The second-order valence-electron chi connectivity index (χ2n) is 6.74. The van der Waals surface area contributed by atoms with E-state index in [-0.39, 0.29) is 17.4 Å². The topological polar surface area (TPSA) is 37.4 Å². The van der Waals surface area contributed by atoms with Gasteiger partial charge in [-0.15, -0.1) is 0 Å². The van der Waals surface area contributed by atoms with E-state index in [1.807, 2.05) is 0 Å². The molecular weight excluding hydrogens is 226 g/mol. The molecule has 5 rings (SSSR count). The van der Waals surface area contributed by atoms with Crippen LogP contribution >= 0.6 is 0 Å². The highest BCUT2D eigenvalue weighted by Crippen LogP contribution is 2.64. The number of hydrogen-bond donors (Lipinski definition) is 0. The first kappa shape index (κ1) is 10.8. The highest BCUT2D eigenvalue weighted by Gasteiger charge is 2.67. The predicted octanol–water partition coefficient (Wildman–Crippen LogP) is 2.13. The average molecular weight is 245 g/mol. The van der Waals surface area contributed by atoms with E-state index >= 15 is 0 Å². The van der Waals surface area contributed by atoms with Crippen LogP contribution in [0.15, 0.2) is 12.7 Å². The summed E-state index contributed by atoms with van der Waals surface area (Å²) in [4.78, 5) is 25.5. The number of likely N-dealkylation sites (tertiary alicyclic amines) is 1. The lowest BCUT2D eigenvalue weighted by molar-refractivity contribution is -0.201. The standard InChI is InChI=1S/C15H19NO2/c1-2-13(17)16-14(18)8-15(16)11-4-9-3-10(6-11)7-12(15)5-9/h2,9-12H,1,3-8H2. The Hall–Kier alpha value is -1.12. The average Bonchev–Trinajstić information content (AvgIpc) is 2.32. The summed E-state index contributed by atoms with van der Waals surface area (Å²) in [5.41, 5.74) is -0.101. The lowest BCUT2D eigenvalue weighted by Crippen LogP contribution is -2.76. The van der Waals surface area contributed by atoms with Gasteiger partial charge in [-0.05, 0) is 61.9 Å². The fourth-order valence-corrected chi connectivity index (χ4v) is 5.61. The number of rotatable bonds is 1. The monoisotopic (exact) mass is 245 g/mol. The van der Waals surface area contributed by atoms with Crippen LogP contribution in [0.5, 0.6) is 0 Å². The molecule has 4 saturated carbocycles. The fraction of sp³-hybridized carbons (Fsp3) is 0.733. The molecule has 96 valence electrons. The zero-order valence-corrected chi connectivity index (χ0v) is 10.6. The number of carbonyl (C=O) groups excluding carboxylic acids is 2. The first-order valence-electron chi connectivity index (χ1n) is 7.14. The Bertz CT molecular complexity index is 425. The molecule has 5 aliphatic rings. The molecule has 0 atom stereocenters. The van der Waals surface area contributed by atoms with E-state index < -0.39 is 0 Å². The Labute approximate surface area is 107 Å². The first-order valence-corrected chi connectivity index (χ1v) is 7.14. The van der Waals surface area contributed by atoms with Gasteiger partial charge in [-0.3, -0.25) is 14.5 Å². The van der Waals surface area contributed by atoms with Gasteiger partial charge < -0.3 is 0 Å². The van der Waals surface area contributed by atoms with Crippen molar-refractivity contribution in [3.8, 4) is 0 Å². The third kappa shape index (κ3) is 1.07. The minimum atomic E-state index is -0.168. The number of imide groups is 1. The molecule has 0 unspecified atom stereocenters. The highest BCUT2D eigenvalue weighted by molar-refractivity contribution is 6.06. The van der Waals surface area contributed by atoms with Crippen molar-refractivity contribution in [3.05, 3.63) is 12.7 Å². The summed E-state index contributed by atoms with van der Waals surface area (Å²) in [6, 6.07) is 0. The van der Waals surface area contributed by atoms with Crippen LogP contribution in [0.4, 0.5) is 0 Å². The van der Waals surface area contributed by atoms with E-state index in [4.69, 9.17) is 0 Å². The quantitative estimate of drug-likeness (QED) is 0.524. The first-order chi connectivity index (χ1) is 8.65. The number of β-lactam (4-membered cyclic amide) rings is 1. The molecule has 3 heteroatoms. The lowest BCUT2D eigenvalue weighted by Gasteiger charge is -2.67. The van der Waals surface area contributed by atoms with Crippen LogP contribution in [0.25, 0.3) is 0 Å². The van der Waals surface area contributed by atoms with E-state index in [0.717, 1.165) is 11.8 Å². The molecule has 1 heterocycles. The molecule has 0 N–H and O–H groups in total. The summed E-state index contributed by atoms with van der Waals surface area (Å²) in [5.74, 6) is 2.75. The van der Waals surface area contributed by atoms with Gasteiger partial charge in [0.2, 0.25) is 5.91 Å². The fourth-order valence-electron chi connectivity index (χ4n) is 5.61. The summed E-state index contributed by atoms with van der Waals surface area (Å²) in [7, 11) is 0. The molecule has 1 spiro atoms. The number of nitrogens with zero attached hydrogens (tertiary/aromatic N) is 1. The molecule has 4 bridgehead atoms. The van der Waals surface area contributed by atoms with Gasteiger partial charge in [-0.1, -0.05) is 6.58 Å². The smallest absolute Gasteiger partial charge is 0.253 e. The zero-order valence-electron chi connectivity index (χ0n) is 10.6. The maximum Gasteiger partial charge on any atom is 0.253 e. The summed E-state index contributed by atoms with van der Waals surface area (Å²) in [6.45, 7) is 3.55. The van der Waals surface area contributed by atoms with Gasteiger partial charge in [-0.25, -0.2) is 0 Å². The maximum atomic E-state index is 12.0. The highest BCUT2D eigenvalue weighted by atomic mass is 16.2. The van der Waals surface area contributed by atoms with Gasteiger partial charge in [0.05, 0.1) is 12.0 Å². The summed E-state index contributed by atoms with van der Waals surface area (Å²) >= 11 is 0. The van der Waals surface area contributed by atoms with Gasteiger partial charge in [0.1, 0.15) is 0 Å². The molecule has 0 aromatic rings. The van der Waals surface area contributed by atoms with Gasteiger partial charge in [0, 0.05) is 0 Å². The van der Waals surface area contributed by atoms with E-state index in [2.05, 4.69) is 6.58 Å². The van der Waals surface area contributed by atoms with E-state index in [1.165, 1.54) is 38.2 Å². The van der Waals surface area contributed by atoms with Crippen molar-refractivity contribution in [3.63, 3.8) is 0 Å². The van der Waals surface area contributed by atoms with Crippen LogP contribution < -0.4 is 0 Å². The van der Waals surface area contributed by atoms with Crippen molar-refractivity contribution in [1.82, 2.24) is 4.90 Å². The Morgan fingerprint density at radius 3 is 2.17 bits per heavy atom. The predicted molar refractivity (Wildman–Crippen MR) is 66.4 cm³/mol. The third-order valence-corrected chi connectivity index (χ3v) is 6.05. The molecule has 4 aliphatic carbocycles. The van der Waals surface area contributed by atoms with Gasteiger partial charge in [0.25, 0.3) is 5.91 Å². The number of amides is 2. The largest absolute Gasteiger partial charge is 0.274 e. The number of hydrogen-bond acceptors (Lipinski definition) is 2. The Kier molecular flexibility index (Phi) is 1.95. The van der Waals surface area contributed by atoms with Crippen LogP contribution in [0.1, 0.15) is 38.5 Å². The van der Waals surface area contributed by atoms with E-state index in [0.29, 0.717) is 18.3 Å². The Morgan fingerprint density at radius 2 is 1.72 bits per heavy atom. The molecule has 0 radical (unpaired) electrons. The molecular formula is C15H19NO2. The van der Waals surface area contributed by atoms with Crippen LogP contribution in [0.3, 0.4) is 0 Å². The Morgan fingerprint density at radius 1 is 1.17 bits per heavy atom. The molecule has 1 saturated heterocycles. The lowest BCUT2D eigenvalue weighted by atomic mass is 9.45. The molecule has 0 aromatic heterocycles. The molecule has 18 heavy (non-hydrogen) atoms. The Balaban J connectivity index is 1.73. The number of carbonyl (C=O) groups is 2. The van der Waals surface area contributed by atoms with Crippen LogP contribution in [0, 0.1) is 23.7 Å². The summed E-state index contributed by atoms with van der Waals surface area (Å²) in [5, 5.41) is 0. The van der Waals surface area contributed by atoms with Crippen molar-refractivity contribution in [2.24, 2.45) is 23.7 Å². The van der Waals surface area contributed by atoms with Gasteiger partial charge in [-0.2, -0.15) is 0 Å². The normalized spacial score (nSPS) is 48.4. The third-order valence-electron chi connectivity index (χ3n) is 6.05. The SMILES string of the molecule is C=CC(=O)N1C(=O)CC12C1CC3CC(C1)CC2C3. The molecule has 3 nitrogen and oxygen atoms in total. The van der Waals surface area contributed by atoms with Crippen molar-refractivity contribution in [2.45, 2.75) is 44.1 Å². The van der Waals surface area contributed by atoms with Crippen LogP contribution in [-0.2, 0) is 9.59 Å². The summed E-state index contributed by atoms with van der Waals surface area (Å²) < 4.78 is 0. The van der Waals surface area contributed by atoms with Gasteiger partial charge >= 0.3 is 0 Å². The van der Waals surface area contributed by atoms with Crippen molar-refractivity contribution in [1.29, 1.82) is 0 Å². The molecule has 1 aliphatic heterocycles. The maximum absolute atomic E-state index is 12.0. The molecule has 2 amide bonds. The van der Waals surface area contributed by atoms with E-state index in [1.54, 1.807) is 4.90 Å². The van der Waals surface area contributed by atoms with Crippen molar-refractivity contribution in [2.75, 3.05) is 0 Å². The summed E-state index contributed by atoms with van der Waals surface area (Å²) in [6.07, 6.45) is 8.27. The van der Waals surface area contributed by atoms with Crippen LogP contribution in [-0.4, -0.2) is 22.3 Å². The van der Waals surface area contributed by atoms with Gasteiger partial charge in [0.15, 0.2) is 0 Å².